The zero-order chi connectivity index (χ0) is 14.5. The van der Waals surface area contributed by atoms with Crippen LogP contribution in [0.1, 0.15) is 25.3 Å². The van der Waals surface area contributed by atoms with Crippen molar-refractivity contribution in [2.45, 2.75) is 25.8 Å². The number of carbonyl (C=O) groups excluding carboxylic acids is 1. The number of nitriles is 1. The summed E-state index contributed by atoms with van der Waals surface area (Å²) in [4.78, 5) is 14.3. The molecule has 0 aliphatic carbocycles. The van der Waals surface area contributed by atoms with Gasteiger partial charge in [0.05, 0.1) is 12.1 Å². The number of nitrogens with two attached hydrogens (primary N) is 1. The van der Waals surface area contributed by atoms with Crippen molar-refractivity contribution >= 4 is 22.2 Å². The van der Waals surface area contributed by atoms with Gasteiger partial charge in [-0.05, 0) is 36.8 Å². The summed E-state index contributed by atoms with van der Waals surface area (Å²) in [6.45, 7) is 4.02. The number of hydrogen-bond donors (Lipinski definition) is 2. The van der Waals surface area contributed by atoms with Gasteiger partial charge in [0.25, 0.3) is 0 Å². The summed E-state index contributed by atoms with van der Waals surface area (Å²) in [5.74, 6) is 0.453. The summed E-state index contributed by atoms with van der Waals surface area (Å²) in [7, 11) is 0. The van der Waals surface area contributed by atoms with Gasteiger partial charge in [0.1, 0.15) is 11.1 Å². The smallest absolute Gasteiger partial charge is 0.239 e. The first-order valence-corrected chi connectivity index (χ1v) is 7.75. The molecular weight excluding hydrogens is 272 g/mol. The van der Waals surface area contributed by atoms with E-state index < -0.39 is 0 Å². The largest absolute Gasteiger partial charge is 0.329 e. The Labute approximate surface area is 123 Å². The maximum Gasteiger partial charge on any atom is 0.239 e. The normalized spacial score (nSPS) is 23.2. The van der Waals surface area contributed by atoms with Gasteiger partial charge in [-0.2, -0.15) is 5.26 Å². The van der Waals surface area contributed by atoms with Crippen LogP contribution in [0, 0.1) is 17.2 Å². The topological polar surface area (TPSA) is 82.2 Å². The molecule has 1 amide bonds. The van der Waals surface area contributed by atoms with Crippen LogP contribution in [0.3, 0.4) is 0 Å². The van der Waals surface area contributed by atoms with Gasteiger partial charge in [-0.25, -0.2) is 0 Å². The predicted octanol–water partition coefficient (Wildman–Crippen LogP) is 1.62. The molecule has 1 aliphatic heterocycles. The molecule has 0 radical (unpaired) electrons. The number of piperidine rings is 1. The summed E-state index contributed by atoms with van der Waals surface area (Å²) >= 11 is 1.37. The van der Waals surface area contributed by atoms with E-state index in [2.05, 4.69) is 23.2 Å². The number of hydrogen-bond acceptors (Lipinski definition) is 5. The first-order chi connectivity index (χ1) is 9.65. The number of amides is 1. The van der Waals surface area contributed by atoms with Crippen molar-refractivity contribution in [1.29, 1.82) is 5.26 Å². The molecule has 2 heterocycles. The zero-order valence-corrected chi connectivity index (χ0v) is 12.4. The van der Waals surface area contributed by atoms with Gasteiger partial charge in [-0.1, -0.05) is 6.92 Å². The molecule has 6 heteroatoms. The molecule has 20 heavy (non-hydrogen) atoms. The molecule has 1 saturated heterocycles. The van der Waals surface area contributed by atoms with E-state index in [1.807, 2.05) is 0 Å². The van der Waals surface area contributed by atoms with Crippen molar-refractivity contribution in [2.75, 3.05) is 25.0 Å². The Balaban J connectivity index is 1.95. The molecule has 0 saturated carbocycles. The van der Waals surface area contributed by atoms with Gasteiger partial charge < -0.3 is 11.1 Å². The van der Waals surface area contributed by atoms with E-state index in [1.54, 1.807) is 11.4 Å². The van der Waals surface area contributed by atoms with Crippen molar-refractivity contribution in [2.24, 2.45) is 11.7 Å². The summed E-state index contributed by atoms with van der Waals surface area (Å²) in [5, 5.41) is 14.2. The molecule has 2 rings (SSSR count). The van der Waals surface area contributed by atoms with Gasteiger partial charge in [0, 0.05) is 12.6 Å². The maximum absolute atomic E-state index is 12.1. The number of anilines is 1. The van der Waals surface area contributed by atoms with E-state index in [1.165, 1.54) is 17.8 Å². The highest BCUT2D eigenvalue weighted by Crippen LogP contribution is 2.24. The van der Waals surface area contributed by atoms with Crippen LogP contribution in [0.5, 0.6) is 0 Å². The Hall–Kier alpha value is -1.42. The minimum atomic E-state index is -0.0727. The molecule has 3 N–H and O–H groups in total. The molecule has 5 nitrogen and oxygen atoms in total. The second-order valence-corrected chi connectivity index (χ2v) is 6.13. The average molecular weight is 292 g/mol. The Morgan fingerprint density at radius 1 is 1.70 bits per heavy atom. The number of thiophene rings is 1. The minimum absolute atomic E-state index is 0.0727. The fourth-order valence-electron chi connectivity index (χ4n) is 2.76. The quantitative estimate of drug-likeness (QED) is 0.883. The highest BCUT2D eigenvalue weighted by Gasteiger charge is 2.28. The third-order valence-corrected chi connectivity index (χ3v) is 4.69. The minimum Gasteiger partial charge on any atom is -0.329 e. The second-order valence-electron chi connectivity index (χ2n) is 5.22. The van der Waals surface area contributed by atoms with Crippen molar-refractivity contribution in [3.05, 3.63) is 17.0 Å². The number of rotatable bonds is 4. The summed E-state index contributed by atoms with van der Waals surface area (Å²) < 4.78 is 0. The second kappa shape index (κ2) is 6.84. The van der Waals surface area contributed by atoms with Gasteiger partial charge in [0.2, 0.25) is 5.91 Å². The van der Waals surface area contributed by atoms with E-state index in [0.717, 1.165) is 13.0 Å². The average Bonchev–Trinajstić information content (AvgIpc) is 2.86. The van der Waals surface area contributed by atoms with E-state index in [4.69, 9.17) is 11.0 Å². The third-order valence-electron chi connectivity index (χ3n) is 3.86. The zero-order valence-electron chi connectivity index (χ0n) is 11.6. The van der Waals surface area contributed by atoms with Crippen LogP contribution in [-0.2, 0) is 4.79 Å². The van der Waals surface area contributed by atoms with Crippen molar-refractivity contribution < 1.29 is 4.79 Å². The Morgan fingerprint density at radius 2 is 2.50 bits per heavy atom. The maximum atomic E-state index is 12.1. The first-order valence-electron chi connectivity index (χ1n) is 6.87. The molecule has 1 aliphatic rings. The van der Waals surface area contributed by atoms with Crippen LogP contribution in [-0.4, -0.2) is 36.5 Å². The lowest BCUT2D eigenvalue weighted by atomic mass is 9.91. The van der Waals surface area contributed by atoms with Gasteiger partial charge in [-0.15, -0.1) is 11.3 Å². The van der Waals surface area contributed by atoms with E-state index in [0.29, 0.717) is 29.6 Å². The van der Waals surface area contributed by atoms with Crippen LogP contribution >= 0.6 is 11.3 Å². The summed E-state index contributed by atoms with van der Waals surface area (Å²) in [6.07, 6.45) is 2.27. The SMILES string of the molecule is CC1CCCN(CC(=O)Nc2sccc2C#N)C1CN. The van der Waals surface area contributed by atoms with Gasteiger partial charge >= 0.3 is 0 Å². The number of nitrogens with one attached hydrogen (secondary N) is 1. The van der Waals surface area contributed by atoms with Crippen LogP contribution in [0.2, 0.25) is 0 Å². The van der Waals surface area contributed by atoms with Crippen molar-refractivity contribution in [3.8, 4) is 6.07 Å². The molecule has 1 aromatic heterocycles. The fraction of sp³-hybridized carbons (Fsp3) is 0.571. The van der Waals surface area contributed by atoms with E-state index in [-0.39, 0.29) is 11.9 Å². The Kier molecular flexibility index (Phi) is 5.12. The lowest BCUT2D eigenvalue weighted by Crippen LogP contribution is -2.51. The van der Waals surface area contributed by atoms with Crippen molar-refractivity contribution in [3.63, 3.8) is 0 Å². The molecule has 1 fully saturated rings. The fourth-order valence-corrected chi connectivity index (χ4v) is 3.51. The lowest BCUT2D eigenvalue weighted by molar-refractivity contribution is -0.118. The third kappa shape index (κ3) is 3.37. The molecule has 0 bridgehead atoms. The summed E-state index contributed by atoms with van der Waals surface area (Å²) in [5.41, 5.74) is 6.35. The van der Waals surface area contributed by atoms with E-state index >= 15 is 0 Å². The van der Waals surface area contributed by atoms with Gasteiger partial charge in [0.15, 0.2) is 0 Å². The summed E-state index contributed by atoms with van der Waals surface area (Å²) in [6, 6.07) is 4.06. The molecule has 2 unspecified atom stereocenters. The number of carbonyl (C=O) groups is 1. The van der Waals surface area contributed by atoms with E-state index in [9.17, 15) is 4.79 Å². The Morgan fingerprint density at radius 3 is 3.20 bits per heavy atom. The Bertz CT molecular complexity index is 508. The predicted molar refractivity (Wildman–Crippen MR) is 80.5 cm³/mol. The highest BCUT2D eigenvalue weighted by atomic mass is 32.1. The van der Waals surface area contributed by atoms with Crippen molar-refractivity contribution in [1.82, 2.24) is 4.90 Å². The van der Waals surface area contributed by atoms with Crippen LogP contribution in [0.4, 0.5) is 5.00 Å². The van der Waals surface area contributed by atoms with Crippen LogP contribution in [0.25, 0.3) is 0 Å². The molecule has 1 aromatic rings. The monoisotopic (exact) mass is 292 g/mol. The van der Waals surface area contributed by atoms with Crippen LogP contribution < -0.4 is 11.1 Å². The molecule has 0 aromatic carbocycles. The highest BCUT2D eigenvalue weighted by molar-refractivity contribution is 7.14. The van der Waals surface area contributed by atoms with Crippen LogP contribution in [0.15, 0.2) is 11.4 Å². The number of nitrogens with zero attached hydrogens (tertiary/aromatic N) is 2. The molecular formula is C14H20N4OS. The molecule has 2 atom stereocenters. The standard InChI is InChI=1S/C14H20N4OS/c1-10-3-2-5-18(12(10)8-16)9-13(19)17-14-11(7-15)4-6-20-14/h4,6,10,12H,2-3,5,8-9,16H2,1H3,(H,17,19). The lowest BCUT2D eigenvalue weighted by Gasteiger charge is -2.38. The van der Waals surface area contributed by atoms with Gasteiger partial charge in [-0.3, -0.25) is 9.69 Å². The first kappa shape index (κ1) is 15.0. The molecule has 0 spiro atoms. The number of likely N-dealkylation sites (tertiary alicyclic amines) is 1. The molecule has 108 valence electrons.